The van der Waals surface area contributed by atoms with Crippen molar-refractivity contribution >= 4 is 12.0 Å². The van der Waals surface area contributed by atoms with Crippen LogP contribution in [-0.4, -0.2) is 25.3 Å². The van der Waals surface area contributed by atoms with Crippen molar-refractivity contribution in [1.82, 2.24) is 0 Å². The average Bonchev–Trinajstić information content (AvgIpc) is 2.52. The molecular weight excluding hydrogens is 268 g/mol. The first-order valence-corrected chi connectivity index (χ1v) is 7.33. The molecule has 0 aliphatic heterocycles. The molecule has 0 bridgehead atoms. The van der Waals surface area contributed by atoms with Gasteiger partial charge in [0.1, 0.15) is 17.1 Å². The topological polar surface area (TPSA) is 55.8 Å². The van der Waals surface area contributed by atoms with E-state index >= 15 is 0 Å². The molecule has 1 saturated carbocycles. The number of carbonyl (C=O) groups is 1. The number of phenols is 1. The molecule has 2 rings (SSSR count). The SMILES string of the molecule is COC(=O)c1c(O)cc(OC)cc1C=CC1CCCCC1. The predicted octanol–water partition coefficient (Wildman–Crippen LogP) is 3.78. The fourth-order valence-corrected chi connectivity index (χ4v) is 2.76. The van der Waals surface area contributed by atoms with Gasteiger partial charge < -0.3 is 14.6 Å². The summed E-state index contributed by atoms with van der Waals surface area (Å²) in [4.78, 5) is 11.8. The second kappa shape index (κ2) is 7.16. The molecular formula is C17H22O4. The van der Waals surface area contributed by atoms with Gasteiger partial charge in [0.15, 0.2) is 0 Å². The molecule has 1 N–H and O–H groups in total. The Kier molecular flexibility index (Phi) is 5.26. The zero-order chi connectivity index (χ0) is 15.2. The maximum Gasteiger partial charge on any atom is 0.342 e. The molecule has 0 radical (unpaired) electrons. The summed E-state index contributed by atoms with van der Waals surface area (Å²) in [5.74, 6) is 0.393. The number of esters is 1. The third-order valence-electron chi connectivity index (χ3n) is 3.94. The quantitative estimate of drug-likeness (QED) is 0.857. The number of methoxy groups -OCH3 is 2. The van der Waals surface area contributed by atoms with Gasteiger partial charge in [0.25, 0.3) is 0 Å². The van der Waals surface area contributed by atoms with Gasteiger partial charge in [-0.25, -0.2) is 4.79 Å². The van der Waals surface area contributed by atoms with Crippen LogP contribution in [0.5, 0.6) is 11.5 Å². The van der Waals surface area contributed by atoms with E-state index in [1.165, 1.54) is 52.4 Å². The highest BCUT2D eigenvalue weighted by Crippen LogP contribution is 2.31. The fourth-order valence-electron chi connectivity index (χ4n) is 2.76. The van der Waals surface area contributed by atoms with Gasteiger partial charge in [-0.3, -0.25) is 0 Å². The molecule has 4 heteroatoms. The molecule has 0 aromatic heterocycles. The third-order valence-corrected chi connectivity index (χ3v) is 3.94. The number of phenolic OH excluding ortho intramolecular Hbond substituents is 1. The Bertz CT molecular complexity index is 528. The molecule has 114 valence electrons. The molecule has 21 heavy (non-hydrogen) atoms. The molecule has 0 unspecified atom stereocenters. The van der Waals surface area contributed by atoms with Gasteiger partial charge in [-0.15, -0.1) is 0 Å². The summed E-state index contributed by atoms with van der Waals surface area (Å²) >= 11 is 0. The minimum atomic E-state index is -0.543. The van der Waals surface area contributed by atoms with Gasteiger partial charge in [-0.05, 0) is 30.4 Å². The number of benzene rings is 1. The second-order valence-corrected chi connectivity index (χ2v) is 5.36. The Morgan fingerprint density at radius 3 is 2.57 bits per heavy atom. The van der Waals surface area contributed by atoms with Crippen LogP contribution in [0.25, 0.3) is 6.08 Å². The maximum absolute atomic E-state index is 11.8. The Morgan fingerprint density at radius 2 is 1.95 bits per heavy atom. The second-order valence-electron chi connectivity index (χ2n) is 5.36. The van der Waals surface area contributed by atoms with Gasteiger partial charge in [0, 0.05) is 6.07 Å². The van der Waals surface area contributed by atoms with Gasteiger partial charge >= 0.3 is 5.97 Å². The molecule has 1 aliphatic carbocycles. The molecule has 4 nitrogen and oxygen atoms in total. The summed E-state index contributed by atoms with van der Waals surface area (Å²) < 4.78 is 9.90. The molecule has 0 heterocycles. The predicted molar refractivity (Wildman–Crippen MR) is 81.6 cm³/mol. The standard InChI is InChI=1S/C17H22O4/c1-20-14-10-13(9-8-12-6-4-3-5-7-12)16(15(18)11-14)17(19)21-2/h8-12,18H,3-7H2,1-2H3. The van der Waals surface area contributed by atoms with Crippen LogP contribution >= 0.6 is 0 Å². The third kappa shape index (κ3) is 3.78. The van der Waals surface area contributed by atoms with Crippen LogP contribution in [0.3, 0.4) is 0 Å². The van der Waals surface area contributed by atoms with E-state index in [-0.39, 0.29) is 11.3 Å². The van der Waals surface area contributed by atoms with E-state index < -0.39 is 5.97 Å². The number of ether oxygens (including phenoxy) is 2. The highest BCUT2D eigenvalue weighted by atomic mass is 16.5. The van der Waals surface area contributed by atoms with Crippen molar-refractivity contribution in [3.63, 3.8) is 0 Å². The lowest BCUT2D eigenvalue weighted by Crippen LogP contribution is -2.06. The van der Waals surface area contributed by atoms with Crippen LogP contribution in [0.2, 0.25) is 0 Å². The number of carbonyl (C=O) groups excluding carboxylic acids is 1. The lowest BCUT2D eigenvalue weighted by atomic mass is 9.88. The molecule has 0 saturated heterocycles. The van der Waals surface area contributed by atoms with Crippen molar-refractivity contribution in [1.29, 1.82) is 0 Å². The Balaban J connectivity index is 2.32. The molecule has 1 aromatic rings. The summed E-state index contributed by atoms with van der Waals surface area (Å²) in [5, 5.41) is 10.0. The molecule has 1 fully saturated rings. The van der Waals surface area contributed by atoms with E-state index in [1.54, 1.807) is 6.07 Å². The summed E-state index contributed by atoms with van der Waals surface area (Å²) in [6, 6.07) is 3.16. The number of hydrogen-bond donors (Lipinski definition) is 1. The van der Waals surface area contributed by atoms with Crippen LogP contribution < -0.4 is 4.74 Å². The van der Waals surface area contributed by atoms with E-state index in [1.807, 2.05) is 6.08 Å². The first-order chi connectivity index (χ1) is 10.2. The average molecular weight is 290 g/mol. The molecule has 1 aromatic carbocycles. The first kappa shape index (κ1) is 15.4. The maximum atomic E-state index is 11.8. The van der Waals surface area contributed by atoms with E-state index in [0.29, 0.717) is 17.2 Å². The van der Waals surface area contributed by atoms with Gasteiger partial charge in [-0.1, -0.05) is 31.4 Å². The fraction of sp³-hybridized carbons (Fsp3) is 0.471. The number of allylic oxidation sites excluding steroid dienone is 1. The first-order valence-electron chi connectivity index (χ1n) is 7.33. The van der Waals surface area contributed by atoms with Crippen LogP contribution in [0, 0.1) is 5.92 Å². The summed E-state index contributed by atoms with van der Waals surface area (Å²) in [5.41, 5.74) is 0.814. The monoisotopic (exact) mass is 290 g/mol. The summed E-state index contributed by atoms with van der Waals surface area (Å²) in [6.07, 6.45) is 10.2. The molecule has 0 amide bonds. The summed E-state index contributed by atoms with van der Waals surface area (Å²) in [6.45, 7) is 0. The number of aromatic hydroxyl groups is 1. The minimum absolute atomic E-state index is 0.121. The number of hydrogen-bond acceptors (Lipinski definition) is 4. The normalized spacial score (nSPS) is 16.1. The summed E-state index contributed by atoms with van der Waals surface area (Å²) in [7, 11) is 2.84. The smallest absolute Gasteiger partial charge is 0.342 e. The van der Waals surface area contributed by atoms with Gasteiger partial charge in [-0.2, -0.15) is 0 Å². The highest BCUT2D eigenvalue weighted by molar-refractivity contribution is 5.96. The van der Waals surface area contributed by atoms with Crippen molar-refractivity contribution in [3.05, 3.63) is 29.3 Å². The van der Waals surface area contributed by atoms with E-state index in [4.69, 9.17) is 9.47 Å². The number of rotatable bonds is 4. The van der Waals surface area contributed by atoms with Crippen LogP contribution in [-0.2, 0) is 4.74 Å². The Labute approximate surface area is 125 Å². The molecule has 0 atom stereocenters. The zero-order valence-corrected chi connectivity index (χ0v) is 12.6. The lowest BCUT2D eigenvalue weighted by Gasteiger charge is -2.18. The van der Waals surface area contributed by atoms with Crippen LogP contribution in [0.4, 0.5) is 0 Å². The largest absolute Gasteiger partial charge is 0.507 e. The van der Waals surface area contributed by atoms with Crippen LogP contribution in [0.15, 0.2) is 18.2 Å². The zero-order valence-electron chi connectivity index (χ0n) is 12.6. The van der Waals surface area contributed by atoms with Crippen LogP contribution in [0.1, 0.15) is 48.0 Å². The van der Waals surface area contributed by atoms with Gasteiger partial charge in [0.05, 0.1) is 14.2 Å². The van der Waals surface area contributed by atoms with Crippen molar-refractivity contribution in [2.45, 2.75) is 32.1 Å². The Morgan fingerprint density at radius 1 is 1.24 bits per heavy atom. The van der Waals surface area contributed by atoms with Crippen molar-refractivity contribution in [3.8, 4) is 11.5 Å². The van der Waals surface area contributed by atoms with E-state index in [9.17, 15) is 9.90 Å². The van der Waals surface area contributed by atoms with Gasteiger partial charge in [0.2, 0.25) is 0 Å². The molecule has 1 aliphatic rings. The van der Waals surface area contributed by atoms with Crippen molar-refractivity contribution < 1.29 is 19.4 Å². The Hall–Kier alpha value is -1.97. The minimum Gasteiger partial charge on any atom is -0.507 e. The molecule has 0 spiro atoms. The lowest BCUT2D eigenvalue weighted by molar-refractivity contribution is 0.0597. The van der Waals surface area contributed by atoms with Crippen molar-refractivity contribution in [2.24, 2.45) is 5.92 Å². The van der Waals surface area contributed by atoms with E-state index in [2.05, 4.69) is 6.08 Å². The highest BCUT2D eigenvalue weighted by Gasteiger charge is 2.18. The van der Waals surface area contributed by atoms with Crippen molar-refractivity contribution in [2.75, 3.05) is 14.2 Å². The van der Waals surface area contributed by atoms with E-state index in [0.717, 1.165) is 0 Å².